The highest BCUT2D eigenvalue weighted by Gasteiger charge is 2.30. The minimum atomic E-state index is 0.848. The first-order valence-corrected chi connectivity index (χ1v) is 7.82. The van der Waals surface area contributed by atoms with Crippen LogP contribution in [0.1, 0.15) is 31.2 Å². The molecule has 2 aliphatic carbocycles. The van der Waals surface area contributed by atoms with Crippen molar-refractivity contribution in [2.75, 3.05) is 25.0 Å². The van der Waals surface area contributed by atoms with Gasteiger partial charge in [-0.3, -0.25) is 0 Å². The standard InChI is InChI=1S/C16H23ClN2/c1-18-9-14-15(17)3-2-4-16(14)19(10-12-5-6-12)11-13-7-8-13/h2-4,12-13,18H,5-11H2,1H3. The molecule has 0 amide bonds. The van der Waals surface area contributed by atoms with Gasteiger partial charge in [-0.2, -0.15) is 0 Å². The van der Waals surface area contributed by atoms with Crippen LogP contribution < -0.4 is 10.2 Å². The van der Waals surface area contributed by atoms with Crippen LogP contribution in [-0.2, 0) is 6.54 Å². The third kappa shape index (κ3) is 3.43. The quantitative estimate of drug-likeness (QED) is 0.818. The smallest absolute Gasteiger partial charge is 0.0471 e. The summed E-state index contributed by atoms with van der Waals surface area (Å²) in [6.45, 7) is 3.28. The van der Waals surface area contributed by atoms with E-state index in [0.29, 0.717) is 0 Å². The topological polar surface area (TPSA) is 15.3 Å². The van der Waals surface area contributed by atoms with Crippen LogP contribution in [0.25, 0.3) is 0 Å². The van der Waals surface area contributed by atoms with Crippen molar-refractivity contribution in [3.05, 3.63) is 28.8 Å². The third-order valence-corrected chi connectivity index (χ3v) is 4.49. The Morgan fingerprint density at radius 3 is 2.32 bits per heavy atom. The van der Waals surface area contributed by atoms with Crippen LogP contribution >= 0.6 is 11.6 Å². The molecule has 0 atom stereocenters. The second-order valence-corrected chi connectivity index (χ2v) is 6.47. The van der Waals surface area contributed by atoms with Gasteiger partial charge < -0.3 is 10.2 Å². The molecular formula is C16H23ClN2. The summed E-state index contributed by atoms with van der Waals surface area (Å²) < 4.78 is 0. The van der Waals surface area contributed by atoms with Gasteiger partial charge in [0.1, 0.15) is 0 Å². The summed E-state index contributed by atoms with van der Waals surface area (Å²) in [6.07, 6.45) is 5.62. The van der Waals surface area contributed by atoms with Crippen LogP contribution in [0.3, 0.4) is 0 Å². The molecule has 1 N–H and O–H groups in total. The molecular weight excluding hydrogens is 256 g/mol. The van der Waals surface area contributed by atoms with Gasteiger partial charge >= 0.3 is 0 Å². The molecule has 0 bridgehead atoms. The number of anilines is 1. The monoisotopic (exact) mass is 278 g/mol. The molecule has 2 saturated carbocycles. The molecule has 3 heteroatoms. The Labute approximate surface area is 121 Å². The van der Waals surface area contributed by atoms with Crippen molar-refractivity contribution < 1.29 is 0 Å². The van der Waals surface area contributed by atoms with Gasteiger partial charge in [0.05, 0.1) is 0 Å². The fraction of sp³-hybridized carbons (Fsp3) is 0.625. The Hall–Kier alpha value is -0.730. The summed E-state index contributed by atoms with van der Waals surface area (Å²) in [6, 6.07) is 6.33. The molecule has 1 aromatic carbocycles. The van der Waals surface area contributed by atoms with E-state index in [-0.39, 0.29) is 0 Å². The normalized spacial score (nSPS) is 18.6. The lowest BCUT2D eigenvalue weighted by Crippen LogP contribution is -2.29. The predicted molar refractivity (Wildman–Crippen MR) is 81.9 cm³/mol. The van der Waals surface area contributed by atoms with E-state index < -0.39 is 0 Å². The van der Waals surface area contributed by atoms with Crippen molar-refractivity contribution in [3.8, 4) is 0 Å². The van der Waals surface area contributed by atoms with E-state index >= 15 is 0 Å². The predicted octanol–water partition coefficient (Wildman–Crippen LogP) is 3.69. The minimum Gasteiger partial charge on any atom is -0.371 e. The fourth-order valence-electron chi connectivity index (χ4n) is 2.69. The SMILES string of the molecule is CNCc1c(Cl)cccc1N(CC1CC1)CC1CC1. The van der Waals surface area contributed by atoms with Gasteiger partial charge in [-0.05, 0) is 56.7 Å². The molecule has 2 aliphatic rings. The van der Waals surface area contributed by atoms with Crippen molar-refractivity contribution in [2.45, 2.75) is 32.2 Å². The fourth-order valence-corrected chi connectivity index (χ4v) is 2.93. The maximum absolute atomic E-state index is 6.39. The van der Waals surface area contributed by atoms with E-state index in [9.17, 15) is 0 Å². The van der Waals surface area contributed by atoms with E-state index in [2.05, 4.69) is 22.3 Å². The Kier molecular flexibility index (Phi) is 3.99. The molecule has 2 fully saturated rings. The number of rotatable bonds is 7. The van der Waals surface area contributed by atoms with Crippen LogP contribution in [0.15, 0.2) is 18.2 Å². The number of halogens is 1. The van der Waals surface area contributed by atoms with Gasteiger partial charge in [0.15, 0.2) is 0 Å². The van der Waals surface area contributed by atoms with E-state index in [1.807, 2.05) is 13.1 Å². The van der Waals surface area contributed by atoms with E-state index in [4.69, 9.17) is 11.6 Å². The van der Waals surface area contributed by atoms with Gasteiger partial charge in [-0.1, -0.05) is 17.7 Å². The first-order valence-electron chi connectivity index (χ1n) is 7.45. The van der Waals surface area contributed by atoms with Crippen LogP contribution in [0.5, 0.6) is 0 Å². The average molecular weight is 279 g/mol. The van der Waals surface area contributed by atoms with Gasteiger partial charge in [-0.15, -0.1) is 0 Å². The van der Waals surface area contributed by atoms with Crippen molar-refractivity contribution in [3.63, 3.8) is 0 Å². The molecule has 0 radical (unpaired) electrons. The van der Waals surface area contributed by atoms with Gasteiger partial charge in [0.25, 0.3) is 0 Å². The molecule has 2 nitrogen and oxygen atoms in total. The summed E-state index contributed by atoms with van der Waals surface area (Å²) in [5.74, 6) is 1.83. The number of nitrogens with zero attached hydrogens (tertiary/aromatic N) is 1. The lowest BCUT2D eigenvalue weighted by Gasteiger charge is -2.28. The largest absolute Gasteiger partial charge is 0.371 e. The van der Waals surface area contributed by atoms with Gasteiger partial charge in [-0.25, -0.2) is 0 Å². The molecule has 0 aliphatic heterocycles. The van der Waals surface area contributed by atoms with Crippen LogP contribution in [-0.4, -0.2) is 20.1 Å². The molecule has 19 heavy (non-hydrogen) atoms. The highest BCUT2D eigenvalue weighted by atomic mass is 35.5. The van der Waals surface area contributed by atoms with Crippen LogP contribution in [0.2, 0.25) is 5.02 Å². The maximum atomic E-state index is 6.39. The zero-order valence-corrected chi connectivity index (χ0v) is 12.4. The van der Waals surface area contributed by atoms with E-state index in [1.165, 1.54) is 50.0 Å². The number of nitrogens with one attached hydrogen (secondary N) is 1. The van der Waals surface area contributed by atoms with Crippen molar-refractivity contribution in [1.82, 2.24) is 5.32 Å². The lowest BCUT2D eigenvalue weighted by atomic mass is 10.1. The maximum Gasteiger partial charge on any atom is 0.0471 e. The first kappa shape index (κ1) is 13.3. The Bertz CT molecular complexity index is 424. The lowest BCUT2D eigenvalue weighted by molar-refractivity contribution is 0.673. The second kappa shape index (κ2) is 5.72. The van der Waals surface area contributed by atoms with Crippen LogP contribution in [0.4, 0.5) is 5.69 Å². The van der Waals surface area contributed by atoms with Gasteiger partial charge in [0, 0.05) is 35.9 Å². The zero-order valence-electron chi connectivity index (χ0n) is 11.7. The van der Waals surface area contributed by atoms with Crippen molar-refractivity contribution in [2.24, 2.45) is 11.8 Å². The van der Waals surface area contributed by atoms with E-state index in [1.54, 1.807) is 0 Å². The Balaban J connectivity index is 1.83. The molecule has 0 heterocycles. The molecule has 0 spiro atoms. The highest BCUT2D eigenvalue weighted by Crippen LogP contribution is 2.37. The molecule has 3 rings (SSSR count). The first-order chi connectivity index (χ1) is 9.28. The van der Waals surface area contributed by atoms with Crippen LogP contribution in [0, 0.1) is 11.8 Å². The molecule has 1 aromatic rings. The summed E-state index contributed by atoms with van der Waals surface area (Å²) in [4.78, 5) is 2.59. The minimum absolute atomic E-state index is 0.848. The highest BCUT2D eigenvalue weighted by molar-refractivity contribution is 6.31. The summed E-state index contributed by atoms with van der Waals surface area (Å²) in [5.41, 5.74) is 2.61. The third-order valence-electron chi connectivity index (χ3n) is 4.14. The molecule has 0 unspecified atom stereocenters. The second-order valence-electron chi connectivity index (χ2n) is 6.06. The molecule has 104 valence electrons. The summed E-state index contributed by atoms with van der Waals surface area (Å²) in [7, 11) is 1.99. The van der Waals surface area contributed by atoms with Crippen molar-refractivity contribution in [1.29, 1.82) is 0 Å². The Morgan fingerprint density at radius 1 is 1.16 bits per heavy atom. The van der Waals surface area contributed by atoms with E-state index in [0.717, 1.165) is 23.4 Å². The zero-order chi connectivity index (χ0) is 13.2. The summed E-state index contributed by atoms with van der Waals surface area (Å²) >= 11 is 6.39. The van der Waals surface area contributed by atoms with Gasteiger partial charge in [0.2, 0.25) is 0 Å². The number of benzene rings is 1. The number of hydrogen-bond donors (Lipinski definition) is 1. The molecule has 0 aromatic heterocycles. The average Bonchev–Trinajstić information content (AvgIpc) is 3.26. The number of hydrogen-bond acceptors (Lipinski definition) is 2. The Morgan fingerprint density at radius 2 is 1.79 bits per heavy atom. The summed E-state index contributed by atoms with van der Waals surface area (Å²) in [5, 5.41) is 4.14. The molecule has 0 saturated heterocycles. The van der Waals surface area contributed by atoms with Crippen molar-refractivity contribution >= 4 is 17.3 Å².